The first-order valence-electron chi connectivity index (χ1n) is 27.2. The van der Waals surface area contributed by atoms with Crippen LogP contribution >= 0.6 is 0 Å². The normalized spacial score (nSPS) is 22.3. The van der Waals surface area contributed by atoms with Crippen LogP contribution in [-0.4, -0.2) is 84.7 Å². The van der Waals surface area contributed by atoms with Gasteiger partial charge in [0.05, 0.1) is 18.2 Å². The van der Waals surface area contributed by atoms with Gasteiger partial charge in [0, 0.05) is 50.6 Å². The van der Waals surface area contributed by atoms with Crippen LogP contribution in [0.5, 0.6) is 11.5 Å². The molecule has 380 valence electrons. The Hall–Kier alpha value is -3.41. The molecule has 2 amide bonds. The molecule has 11 nitrogen and oxygen atoms in total. The Balaban J connectivity index is 1.68. The van der Waals surface area contributed by atoms with E-state index in [-0.39, 0.29) is 43.5 Å². The van der Waals surface area contributed by atoms with Crippen LogP contribution in [0.2, 0.25) is 0 Å². The second-order valence-corrected chi connectivity index (χ2v) is 19.6. The fourth-order valence-electron chi connectivity index (χ4n) is 11.2. The topological polar surface area (TPSA) is 139 Å². The summed E-state index contributed by atoms with van der Waals surface area (Å²) in [6.07, 6.45) is 32.8. The van der Waals surface area contributed by atoms with Crippen molar-refractivity contribution in [2.45, 2.75) is 218 Å². The molecule has 1 aromatic carbocycles. The van der Waals surface area contributed by atoms with Crippen molar-refractivity contribution in [3.63, 3.8) is 0 Å². The number of nitrogens with zero attached hydrogens (tertiary/aromatic N) is 2. The standard InChI is InChI=1S/C56H93N3O8/c1-6-10-12-14-16-18-20-22-24-28-36-57-55(63)66-45-34-35-50-48(42-45)53-46(32-27-30-39-61)44(31-26-29-38-60)41-47-49(58-64-5)43-51(56(67-50,54(47)53)65-40-9-4)59(37-8-3)52(62)33-25-23-21-19-17-15-13-11-7-2/h9,34-35,41-42,44,46,51,53-54,60-61H,4,6-8,10-33,36-40,43H2,1-3,5H3,(H,57,63). The molecule has 3 N–H and O–H groups in total. The van der Waals surface area contributed by atoms with Crippen LogP contribution in [-0.2, 0) is 14.4 Å². The lowest BCUT2D eigenvalue weighted by Crippen LogP contribution is -2.70. The van der Waals surface area contributed by atoms with Crippen molar-refractivity contribution < 1.29 is 38.9 Å². The summed E-state index contributed by atoms with van der Waals surface area (Å²) < 4.78 is 20.5. The molecule has 4 rings (SSSR count). The van der Waals surface area contributed by atoms with Crippen molar-refractivity contribution >= 4 is 17.7 Å². The van der Waals surface area contributed by atoms with Crippen LogP contribution in [0.25, 0.3) is 0 Å². The average molecular weight is 936 g/mol. The third kappa shape index (κ3) is 17.2. The maximum absolute atomic E-state index is 14.7. The van der Waals surface area contributed by atoms with Gasteiger partial charge in [-0.3, -0.25) is 4.79 Å². The quantitative estimate of drug-likeness (QED) is 0.0340. The van der Waals surface area contributed by atoms with E-state index in [4.69, 9.17) is 24.2 Å². The molecule has 1 aromatic rings. The van der Waals surface area contributed by atoms with E-state index in [1.165, 1.54) is 89.9 Å². The predicted molar refractivity (Wildman–Crippen MR) is 272 cm³/mol. The lowest BCUT2D eigenvalue weighted by atomic mass is 9.55. The van der Waals surface area contributed by atoms with Crippen molar-refractivity contribution in [3.8, 4) is 11.5 Å². The molecule has 6 unspecified atom stereocenters. The van der Waals surface area contributed by atoms with E-state index in [1.54, 1.807) is 19.3 Å². The summed E-state index contributed by atoms with van der Waals surface area (Å²) in [5.41, 5.74) is 2.70. The highest BCUT2D eigenvalue weighted by Crippen LogP contribution is 2.62. The van der Waals surface area contributed by atoms with Gasteiger partial charge in [0.15, 0.2) is 0 Å². The second-order valence-electron chi connectivity index (χ2n) is 19.6. The fourth-order valence-corrected chi connectivity index (χ4v) is 11.2. The summed E-state index contributed by atoms with van der Waals surface area (Å²) in [4.78, 5) is 35.6. The summed E-state index contributed by atoms with van der Waals surface area (Å²) in [6.45, 7) is 12.2. The number of fused-ring (bicyclic) bond motifs is 2. The van der Waals surface area contributed by atoms with Crippen LogP contribution in [0.3, 0.4) is 0 Å². The van der Waals surface area contributed by atoms with Crippen molar-refractivity contribution in [3.05, 3.63) is 48.1 Å². The first-order chi connectivity index (χ1) is 32.8. The number of aliphatic hydroxyl groups excluding tert-OH is 2. The number of carbonyl (C=O) groups is 2. The Morgan fingerprint density at radius 3 is 2.03 bits per heavy atom. The molecule has 3 aliphatic rings. The lowest BCUT2D eigenvalue weighted by molar-refractivity contribution is -0.257. The Morgan fingerprint density at radius 1 is 0.821 bits per heavy atom. The zero-order valence-corrected chi connectivity index (χ0v) is 42.6. The van der Waals surface area contributed by atoms with Gasteiger partial charge in [-0.2, -0.15) is 0 Å². The maximum Gasteiger partial charge on any atom is 0.412 e. The second kappa shape index (κ2) is 32.4. The molecule has 0 saturated heterocycles. The number of hydrogen-bond acceptors (Lipinski definition) is 9. The zero-order chi connectivity index (χ0) is 48.1. The van der Waals surface area contributed by atoms with Crippen molar-refractivity contribution in [2.75, 3.05) is 40.0 Å². The molecule has 67 heavy (non-hydrogen) atoms. The van der Waals surface area contributed by atoms with Crippen LogP contribution in [0, 0.1) is 17.8 Å². The number of aliphatic hydroxyl groups is 2. The number of benzene rings is 1. The Kier molecular flexibility index (Phi) is 27.2. The number of rotatable bonds is 37. The van der Waals surface area contributed by atoms with Gasteiger partial charge in [0.25, 0.3) is 0 Å². The first kappa shape index (κ1) is 56.2. The molecule has 0 bridgehead atoms. The Morgan fingerprint density at radius 2 is 1.43 bits per heavy atom. The highest BCUT2D eigenvalue weighted by atomic mass is 16.7. The van der Waals surface area contributed by atoms with E-state index in [2.05, 4.69) is 38.7 Å². The molecule has 11 heteroatoms. The zero-order valence-electron chi connectivity index (χ0n) is 42.6. The van der Waals surface area contributed by atoms with Gasteiger partial charge in [0.1, 0.15) is 24.7 Å². The number of hydrogen-bond donors (Lipinski definition) is 3. The minimum atomic E-state index is -1.30. The van der Waals surface area contributed by atoms with E-state index >= 15 is 0 Å². The number of oxime groups is 1. The van der Waals surface area contributed by atoms with Gasteiger partial charge < -0.3 is 39.5 Å². The van der Waals surface area contributed by atoms with Crippen LogP contribution < -0.4 is 14.8 Å². The van der Waals surface area contributed by atoms with E-state index in [9.17, 15) is 19.8 Å². The number of allylic oxidation sites excluding steroid dienone is 1. The van der Waals surface area contributed by atoms with Gasteiger partial charge in [0.2, 0.25) is 11.7 Å². The highest BCUT2D eigenvalue weighted by molar-refractivity contribution is 6.03. The summed E-state index contributed by atoms with van der Waals surface area (Å²) in [6, 6.07) is 5.15. The highest BCUT2D eigenvalue weighted by Gasteiger charge is 2.65. The molecule has 1 heterocycles. The van der Waals surface area contributed by atoms with Crippen molar-refractivity contribution in [1.82, 2.24) is 10.2 Å². The van der Waals surface area contributed by atoms with Gasteiger partial charge >= 0.3 is 6.09 Å². The molecule has 0 aromatic heterocycles. The van der Waals surface area contributed by atoms with Crippen LogP contribution in [0.4, 0.5) is 4.79 Å². The number of ether oxygens (including phenoxy) is 3. The molecule has 1 saturated carbocycles. The first-order valence-corrected chi connectivity index (χ1v) is 27.2. The number of carbonyl (C=O) groups excluding carboxylic acids is 2. The van der Waals surface area contributed by atoms with Gasteiger partial charge in [-0.05, 0) is 80.6 Å². The van der Waals surface area contributed by atoms with Crippen molar-refractivity contribution in [1.29, 1.82) is 0 Å². The van der Waals surface area contributed by atoms with Crippen molar-refractivity contribution in [2.24, 2.45) is 22.9 Å². The monoisotopic (exact) mass is 936 g/mol. The van der Waals surface area contributed by atoms with Gasteiger partial charge in [-0.25, -0.2) is 4.79 Å². The number of unbranched alkanes of at least 4 members (excludes halogenated alkanes) is 19. The minimum absolute atomic E-state index is 0.0774. The van der Waals surface area contributed by atoms with E-state index in [1.807, 2.05) is 17.0 Å². The molecule has 1 fully saturated rings. The largest absolute Gasteiger partial charge is 0.459 e. The van der Waals surface area contributed by atoms with E-state index in [0.29, 0.717) is 50.3 Å². The lowest BCUT2D eigenvalue weighted by Gasteiger charge is -2.60. The molecular weight excluding hydrogens is 843 g/mol. The van der Waals surface area contributed by atoms with E-state index in [0.717, 1.165) is 81.1 Å². The molecule has 2 aliphatic carbocycles. The van der Waals surface area contributed by atoms with E-state index < -0.39 is 23.8 Å². The average Bonchev–Trinajstić information content (AvgIpc) is 3.33. The summed E-state index contributed by atoms with van der Waals surface area (Å²) in [7, 11) is 1.58. The SMILES string of the molecule is C=CCOC12Oc3ccc(OC(=O)NCCCCCCCCCCCC)cc3C3C(CCCCO)C(CCCCO)C=C(C(=NOC)CC1N(CCC)C(=O)CCCCCCCCCCC)C32. The Labute approximate surface area is 406 Å². The fraction of sp³-hybridized carbons (Fsp3) is 0.768. The molecule has 6 atom stereocenters. The summed E-state index contributed by atoms with van der Waals surface area (Å²) in [5.74, 6) is -0.529. The molecular formula is C56H93N3O8. The minimum Gasteiger partial charge on any atom is -0.459 e. The predicted octanol–water partition coefficient (Wildman–Crippen LogP) is 13.1. The van der Waals surface area contributed by atoms with Crippen LogP contribution in [0.1, 0.15) is 212 Å². The van der Waals surface area contributed by atoms with Gasteiger partial charge in [-0.1, -0.05) is 160 Å². The number of amides is 2. The molecule has 0 radical (unpaired) electrons. The van der Waals surface area contributed by atoms with Gasteiger partial charge in [-0.15, -0.1) is 6.58 Å². The Bertz CT molecular complexity index is 1630. The maximum atomic E-state index is 14.7. The summed E-state index contributed by atoms with van der Waals surface area (Å²) in [5, 5.41) is 27.6. The molecule has 0 spiro atoms. The summed E-state index contributed by atoms with van der Waals surface area (Å²) >= 11 is 0. The third-order valence-corrected chi connectivity index (χ3v) is 14.5. The molecule has 1 aliphatic heterocycles. The number of nitrogens with one attached hydrogen (secondary N) is 1. The third-order valence-electron chi connectivity index (χ3n) is 14.5. The smallest absolute Gasteiger partial charge is 0.412 e. The van der Waals surface area contributed by atoms with Crippen LogP contribution in [0.15, 0.2) is 47.7 Å².